The van der Waals surface area contributed by atoms with Crippen molar-refractivity contribution < 1.29 is 9.59 Å². The third kappa shape index (κ3) is 10.7. The van der Waals surface area contributed by atoms with Gasteiger partial charge in [0.05, 0.1) is 32.3 Å². The maximum absolute atomic E-state index is 15.0. The normalized spacial score (nSPS) is 14.1. The maximum Gasteiger partial charge on any atom is 0.261 e. The molecule has 2 aliphatic heterocycles. The van der Waals surface area contributed by atoms with Crippen LogP contribution in [-0.2, 0) is 22.4 Å². The Bertz CT molecular complexity index is 2370. The molecule has 0 atom stereocenters. The molecule has 6 aromatic heterocycles. The molecule has 0 spiro atoms. The molecule has 0 saturated carbocycles. The Hall–Kier alpha value is -3.38. The van der Waals surface area contributed by atoms with Gasteiger partial charge in [0.1, 0.15) is 0 Å². The summed E-state index contributed by atoms with van der Waals surface area (Å²) in [6.45, 7) is 10.2. The summed E-state index contributed by atoms with van der Waals surface area (Å²) in [5.74, 6) is -0.0389. The third-order valence-corrected chi connectivity index (χ3v) is 19.8. The molecular formula is C54H64N2O2S6. The first kappa shape index (κ1) is 47.1. The van der Waals surface area contributed by atoms with E-state index in [0.717, 1.165) is 85.4 Å². The lowest BCUT2D eigenvalue weighted by atomic mass is 10.1. The molecule has 64 heavy (non-hydrogen) atoms. The van der Waals surface area contributed by atoms with Crippen LogP contribution in [0, 0.1) is 0 Å². The van der Waals surface area contributed by atoms with Gasteiger partial charge in [-0.2, -0.15) is 0 Å². The van der Waals surface area contributed by atoms with Gasteiger partial charge >= 0.3 is 0 Å². The van der Waals surface area contributed by atoms with Crippen LogP contribution in [0.2, 0.25) is 0 Å². The average molecular weight is 966 g/mol. The van der Waals surface area contributed by atoms with Crippen LogP contribution in [0.25, 0.3) is 50.4 Å². The van der Waals surface area contributed by atoms with Crippen molar-refractivity contribution in [3.8, 4) is 39.0 Å². The van der Waals surface area contributed by atoms with Crippen LogP contribution in [0.15, 0.2) is 83.9 Å². The number of carbonyl (C=O) groups is 2. The van der Waals surface area contributed by atoms with Crippen LogP contribution in [-0.4, -0.2) is 34.7 Å². The number of fused-ring (bicyclic) bond motifs is 1. The zero-order chi connectivity index (χ0) is 44.4. The summed E-state index contributed by atoms with van der Waals surface area (Å²) in [6.07, 6.45) is 21.1. The van der Waals surface area contributed by atoms with E-state index in [1.807, 2.05) is 55.1 Å². The molecule has 8 rings (SSSR count). The van der Waals surface area contributed by atoms with Crippen LogP contribution in [0.4, 0.5) is 0 Å². The first-order valence-electron chi connectivity index (χ1n) is 24.1. The summed E-state index contributed by atoms with van der Waals surface area (Å²) in [5, 5.41) is 0. The molecular weight excluding hydrogens is 901 g/mol. The fourth-order valence-electron chi connectivity index (χ4n) is 8.87. The van der Waals surface area contributed by atoms with E-state index in [-0.39, 0.29) is 11.8 Å². The van der Waals surface area contributed by atoms with Crippen LogP contribution in [0.1, 0.15) is 150 Å². The largest absolute Gasteiger partial charge is 0.306 e. The van der Waals surface area contributed by atoms with Crippen LogP contribution in [0.5, 0.6) is 0 Å². The molecule has 0 bridgehead atoms. The van der Waals surface area contributed by atoms with Gasteiger partial charge in [-0.15, -0.1) is 68.0 Å². The number of amides is 2. The van der Waals surface area contributed by atoms with E-state index in [1.165, 1.54) is 100 Å². The maximum atomic E-state index is 15.0. The van der Waals surface area contributed by atoms with Gasteiger partial charge in [0.15, 0.2) is 0 Å². The van der Waals surface area contributed by atoms with Gasteiger partial charge in [0, 0.05) is 61.9 Å². The second kappa shape index (κ2) is 22.9. The molecule has 4 nitrogen and oxygen atoms in total. The second-order valence-corrected chi connectivity index (χ2v) is 24.0. The van der Waals surface area contributed by atoms with Crippen molar-refractivity contribution >= 4 is 91.2 Å². The van der Waals surface area contributed by atoms with Gasteiger partial charge in [-0.3, -0.25) is 9.59 Å². The third-order valence-electron chi connectivity index (χ3n) is 12.4. The topological polar surface area (TPSA) is 40.6 Å². The zero-order valence-electron chi connectivity index (χ0n) is 38.2. The van der Waals surface area contributed by atoms with Gasteiger partial charge in [0.25, 0.3) is 11.8 Å². The van der Waals surface area contributed by atoms with E-state index < -0.39 is 0 Å². The predicted molar refractivity (Wildman–Crippen MR) is 283 cm³/mol. The summed E-state index contributed by atoms with van der Waals surface area (Å²) < 4.78 is 0. The van der Waals surface area contributed by atoms with Crippen molar-refractivity contribution in [2.75, 3.05) is 13.1 Å². The standard InChI is InChI=1S/C54H64N2O2S6/c1-5-9-13-17-21-37-23-25-39(59-37)41-27-29-43(61-41)45-31-33-47(63-45)51-49-50(54(58)55(51)35-19-15-11-7-3)52(56(53(49)57)36-20-16-12-8-4)48-34-32-46(64-48)44-30-28-42(62-44)40-26-24-38(60-40)22-18-14-10-6-2/h23-34H,5-22,35-36H2,1-4H3. The van der Waals surface area contributed by atoms with E-state index in [4.69, 9.17) is 0 Å². The Morgan fingerprint density at radius 2 is 0.609 bits per heavy atom. The number of nitrogens with zero attached hydrogens (tertiary/aromatic N) is 2. The molecule has 8 heterocycles. The number of unbranched alkanes of at least 4 members (excludes halogenated alkanes) is 12. The lowest BCUT2D eigenvalue weighted by Gasteiger charge is -2.24. The van der Waals surface area contributed by atoms with E-state index >= 15 is 9.59 Å². The molecule has 2 amide bonds. The fourth-order valence-corrected chi connectivity index (χ4v) is 15.5. The molecule has 10 heteroatoms. The Kier molecular flexibility index (Phi) is 16.8. The molecule has 0 aliphatic carbocycles. The van der Waals surface area contributed by atoms with Crippen LogP contribution < -0.4 is 0 Å². The lowest BCUT2D eigenvalue weighted by molar-refractivity contribution is -0.124. The monoisotopic (exact) mass is 964 g/mol. The SMILES string of the molecule is CCCCCCc1ccc(-c2ccc(-c3ccc(C4=C5C(=O)N(CCCCCC)C(c6ccc(-c7ccc(-c8ccc(CCCCCC)s8)s7)s6)=C5C(=O)N4CCCCCC)s3)s2)s1. The van der Waals surface area contributed by atoms with Crippen LogP contribution >= 0.6 is 68.0 Å². The number of hydrogen-bond donors (Lipinski definition) is 0. The minimum Gasteiger partial charge on any atom is -0.306 e. The van der Waals surface area contributed by atoms with Crippen molar-refractivity contribution in [2.45, 2.75) is 143 Å². The Morgan fingerprint density at radius 1 is 0.328 bits per heavy atom. The molecule has 338 valence electrons. The van der Waals surface area contributed by atoms with Gasteiger partial charge in [-0.1, -0.05) is 105 Å². The minimum atomic E-state index is -0.0194. The highest BCUT2D eigenvalue weighted by molar-refractivity contribution is 7.27. The molecule has 6 aromatic rings. The number of aryl methyl sites for hydroxylation is 2. The number of carbonyl (C=O) groups excluding carboxylic acids is 2. The summed E-state index contributed by atoms with van der Waals surface area (Å²) in [5.41, 5.74) is 2.84. The Balaban J connectivity index is 1.11. The van der Waals surface area contributed by atoms with E-state index in [0.29, 0.717) is 24.2 Å². The highest BCUT2D eigenvalue weighted by Crippen LogP contribution is 2.51. The van der Waals surface area contributed by atoms with Crippen LogP contribution in [0.3, 0.4) is 0 Å². The van der Waals surface area contributed by atoms with E-state index in [2.05, 4.69) is 100 Å². The zero-order valence-corrected chi connectivity index (χ0v) is 43.1. The highest BCUT2D eigenvalue weighted by atomic mass is 32.1. The highest BCUT2D eigenvalue weighted by Gasteiger charge is 2.49. The average Bonchev–Trinajstić information content (AvgIpc) is 4.16. The van der Waals surface area contributed by atoms with Gasteiger partial charge in [-0.25, -0.2) is 0 Å². The Labute approximate surface area is 406 Å². The Morgan fingerprint density at radius 3 is 0.953 bits per heavy atom. The van der Waals surface area contributed by atoms with Crippen molar-refractivity contribution in [1.82, 2.24) is 9.80 Å². The number of rotatable bonds is 26. The molecule has 0 N–H and O–H groups in total. The molecule has 2 aliphatic rings. The second-order valence-electron chi connectivity index (χ2n) is 17.3. The van der Waals surface area contributed by atoms with Crippen molar-refractivity contribution in [3.05, 3.63) is 103 Å². The summed E-state index contributed by atoms with van der Waals surface area (Å²) >= 11 is 11.0. The van der Waals surface area contributed by atoms with Crippen molar-refractivity contribution in [1.29, 1.82) is 0 Å². The summed E-state index contributed by atoms with van der Waals surface area (Å²) in [6, 6.07) is 26.9. The van der Waals surface area contributed by atoms with Gasteiger partial charge in [0.2, 0.25) is 0 Å². The molecule has 0 aromatic carbocycles. The van der Waals surface area contributed by atoms with Crippen molar-refractivity contribution in [2.24, 2.45) is 0 Å². The molecule has 0 radical (unpaired) electrons. The summed E-state index contributed by atoms with van der Waals surface area (Å²) in [7, 11) is 0. The molecule has 0 saturated heterocycles. The predicted octanol–water partition coefficient (Wildman–Crippen LogP) is 17.9. The van der Waals surface area contributed by atoms with E-state index in [9.17, 15) is 0 Å². The first-order valence-corrected chi connectivity index (χ1v) is 29.0. The lowest BCUT2D eigenvalue weighted by Crippen LogP contribution is -2.30. The smallest absolute Gasteiger partial charge is 0.261 e. The summed E-state index contributed by atoms with van der Waals surface area (Å²) in [4.78, 5) is 49.0. The van der Waals surface area contributed by atoms with Gasteiger partial charge in [-0.05, 0) is 111 Å². The van der Waals surface area contributed by atoms with Crippen molar-refractivity contribution in [3.63, 3.8) is 0 Å². The molecule has 0 fully saturated rings. The number of hydrogen-bond acceptors (Lipinski definition) is 8. The first-order chi connectivity index (χ1) is 31.4. The minimum absolute atomic E-state index is 0.0194. The van der Waals surface area contributed by atoms with Gasteiger partial charge < -0.3 is 9.80 Å². The molecule has 0 unspecified atom stereocenters. The number of thiophene rings is 6. The van der Waals surface area contributed by atoms with E-state index in [1.54, 1.807) is 22.7 Å². The quantitative estimate of drug-likeness (QED) is 0.0508. The fraction of sp³-hybridized carbons (Fsp3) is 0.444.